The van der Waals surface area contributed by atoms with Crippen LogP contribution in [0.2, 0.25) is 0 Å². The third-order valence-electron chi connectivity index (χ3n) is 14.8. The zero-order valence-corrected chi connectivity index (χ0v) is 62.4. The van der Waals surface area contributed by atoms with Crippen molar-refractivity contribution in [1.82, 2.24) is 0 Å². The second-order valence-electron chi connectivity index (χ2n) is 24.1. The summed E-state index contributed by atoms with van der Waals surface area (Å²) in [5.41, 5.74) is 0. The van der Waals surface area contributed by atoms with Gasteiger partial charge in [0.2, 0.25) is 0 Å². The van der Waals surface area contributed by atoms with Gasteiger partial charge in [0.25, 0.3) is 0 Å². The Balaban J connectivity index is 5.50. The maximum Gasteiger partial charge on any atom is 0.472 e. The van der Waals surface area contributed by atoms with E-state index in [2.05, 4.69) is 125 Å². The molecule has 0 spiro atoms. The minimum atomic E-state index is -5.02. The van der Waals surface area contributed by atoms with Crippen LogP contribution in [0.1, 0.15) is 272 Å². The molecule has 19 heteroatoms. The van der Waals surface area contributed by atoms with Gasteiger partial charge in [-0.1, -0.05) is 263 Å². The van der Waals surface area contributed by atoms with Crippen LogP contribution in [-0.4, -0.2) is 96.7 Å². The number of aliphatic hydroxyl groups excluding tert-OH is 1. The number of hydrogen-bond donors (Lipinski definition) is 3. The third kappa shape index (κ3) is 69.4. The Kier molecular flexibility index (Phi) is 66.7. The second-order valence-corrected chi connectivity index (χ2v) is 27.1. The van der Waals surface area contributed by atoms with E-state index in [9.17, 15) is 43.2 Å². The van der Waals surface area contributed by atoms with Crippen LogP contribution in [0.25, 0.3) is 0 Å². The van der Waals surface area contributed by atoms with Crippen molar-refractivity contribution in [3.05, 3.63) is 146 Å². The maximum absolute atomic E-state index is 13.1. The van der Waals surface area contributed by atoms with Crippen LogP contribution in [0.15, 0.2) is 146 Å². The fourth-order valence-electron chi connectivity index (χ4n) is 9.24. The van der Waals surface area contributed by atoms with Gasteiger partial charge in [0.1, 0.15) is 19.3 Å². The molecule has 0 aliphatic carbocycles. The molecule has 0 saturated heterocycles. The lowest BCUT2D eigenvalue weighted by Gasteiger charge is -2.21. The van der Waals surface area contributed by atoms with Gasteiger partial charge < -0.3 is 33.8 Å². The Morgan fingerprint density at radius 2 is 0.582 bits per heavy atom. The van der Waals surface area contributed by atoms with Gasteiger partial charge in [0.15, 0.2) is 12.2 Å². The molecule has 0 aromatic rings. The van der Waals surface area contributed by atoms with Gasteiger partial charge in [0.05, 0.1) is 39.3 Å². The van der Waals surface area contributed by atoms with Crippen molar-refractivity contribution in [1.29, 1.82) is 0 Å². The number of esters is 4. The average Bonchev–Trinajstić information content (AvgIpc) is 1.04. The quantitative estimate of drug-likeness (QED) is 0.0169. The van der Waals surface area contributed by atoms with Gasteiger partial charge in [-0.2, -0.15) is 0 Å². The summed E-state index contributed by atoms with van der Waals surface area (Å²) in [4.78, 5) is 72.6. The van der Waals surface area contributed by atoms with Gasteiger partial charge in [-0.15, -0.1) is 0 Å². The van der Waals surface area contributed by atoms with E-state index in [0.29, 0.717) is 25.7 Å². The summed E-state index contributed by atoms with van der Waals surface area (Å²) in [5.74, 6) is -2.50. The second kappa shape index (κ2) is 70.4. The highest BCUT2D eigenvalue weighted by atomic mass is 31.2. The summed E-state index contributed by atoms with van der Waals surface area (Å²) >= 11 is 0. The molecule has 558 valence electrons. The molecule has 0 aromatic heterocycles. The summed E-state index contributed by atoms with van der Waals surface area (Å²) in [7, 11) is -10.0. The van der Waals surface area contributed by atoms with Crippen LogP contribution >= 0.6 is 15.6 Å². The third-order valence-corrected chi connectivity index (χ3v) is 16.7. The SMILES string of the molecule is CC/C=C\C/C=C\C/C=C\C/C=C\C/C=C\CC(=O)OCC(COP(=O)(O)OCC(O)COP(=O)(O)OCC(COC(=O)CCCCCCC/C=C\CCCCCCCC)OC(=O)CCCCCCC/C=C\CCCCCC)OC(=O)C/C=C\C/C=C\C/C=C\C/C=C\C/C=C\CC. The molecule has 0 amide bonds. The highest BCUT2D eigenvalue weighted by Crippen LogP contribution is 2.45. The number of hydrogen-bond acceptors (Lipinski definition) is 15. The van der Waals surface area contributed by atoms with Crippen molar-refractivity contribution >= 4 is 39.5 Å². The van der Waals surface area contributed by atoms with Crippen LogP contribution in [0.4, 0.5) is 0 Å². The molecule has 5 unspecified atom stereocenters. The Labute approximate surface area is 592 Å². The number of allylic oxidation sites excluding steroid dienone is 22. The Morgan fingerprint density at radius 1 is 0.306 bits per heavy atom. The van der Waals surface area contributed by atoms with E-state index in [1.54, 1.807) is 18.2 Å². The molecular weight excluding hydrogens is 1280 g/mol. The van der Waals surface area contributed by atoms with Crippen molar-refractivity contribution in [2.45, 2.75) is 290 Å². The van der Waals surface area contributed by atoms with Gasteiger partial charge in [0, 0.05) is 12.8 Å². The molecule has 0 heterocycles. The fraction of sp³-hybridized carbons (Fsp3) is 0.646. The summed E-state index contributed by atoms with van der Waals surface area (Å²) in [6.07, 6.45) is 79.1. The number of unbranched alkanes of at least 4 members (excludes halogenated alkanes) is 20. The number of carbonyl (C=O) groups excluding carboxylic acids is 4. The van der Waals surface area contributed by atoms with E-state index in [-0.39, 0.29) is 25.7 Å². The number of carbonyl (C=O) groups is 4. The van der Waals surface area contributed by atoms with Crippen LogP contribution < -0.4 is 0 Å². The van der Waals surface area contributed by atoms with Crippen molar-refractivity contribution in [2.24, 2.45) is 0 Å². The molecule has 0 aromatic carbocycles. The molecule has 0 fully saturated rings. The van der Waals surface area contributed by atoms with Crippen LogP contribution in [-0.2, 0) is 65.4 Å². The average molecular weight is 1410 g/mol. The Bertz CT molecular complexity index is 2430. The van der Waals surface area contributed by atoms with Crippen molar-refractivity contribution in [3.63, 3.8) is 0 Å². The maximum atomic E-state index is 13.1. The summed E-state index contributed by atoms with van der Waals surface area (Å²) in [5, 5.41) is 10.6. The predicted molar refractivity (Wildman–Crippen MR) is 399 cm³/mol. The van der Waals surface area contributed by atoms with E-state index in [4.69, 9.17) is 37.0 Å². The highest BCUT2D eigenvalue weighted by Gasteiger charge is 2.30. The first kappa shape index (κ1) is 92.9. The number of rotatable bonds is 68. The molecule has 98 heavy (non-hydrogen) atoms. The molecular formula is C79H130O17P2. The summed E-state index contributed by atoms with van der Waals surface area (Å²) in [6.45, 7) is 4.35. The van der Waals surface area contributed by atoms with E-state index in [1.165, 1.54) is 64.2 Å². The first-order valence-electron chi connectivity index (χ1n) is 37.1. The number of phosphoric acid groups is 2. The zero-order chi connectivity index (χ0) is 71.8. The minimum Gasteiger partial charge on any atom is -0.462 e. The minimum absolute atomic E-state index is 0.0758. The summed E-state index contributed by atoms with van der Waals surface area (Å²) in [6, 6.07) is 0. The van der Waals surface area contributed by atoms with Crippen LogP contribution in [0.3, 0.4) is 0 Å². The standard InChI is InChI=1S/C79H130O17P2/c1-5-9-13-17-21-25-29-33-36-40-43-47-51-55-59-63-76(81)89-69-74(95-78(83)65-61-57-53-49-45-39-32-28-24-20-16-12-8-4)71-93-97(85,86)91-67-73(80)68-92-98(87,88)94-72-75(96-79(84)66-62-58-54-50-46-42-38-35-31-27-23-19-15-11-7-3)70-90-77(82)64-60-56-52-48-44-41-37-34-30-26-22-18-14-10-6-2/h10-11,14-15,22-23,26-28,32-38,44,46,48,50,56,58,60,62,73-75,80H,5-9,12-13,16-21,24-25,29-31,39-43,45,47,49,51-55,57,59,61,63-72H2,1-4H3,(H,85,86)(H,87,88)/b14-10-,15-11-,26-22-,27-23-,32-28-,36-33-,37-34-,38-35-,48-44-,50-46-,60-56-,62-58-. The monoisotopic (exact) mass is 1410 g/mol. The molecule has 17 nitrogen and oxygen atoms in total. The molecule has 0 radical (unpaired) electrons. The zero-order valence-electron chi connectivity index (χ0n) is 60.7. The lowest BCUT2D eigenvalue weighted by molar-refractivity contribution is -0.161. The van der Waals surface area contributed by atoms with Crippen molar-refractivity contribution in [3.8, 4) is 0 Å². The lowest BCUT2D eigenvalue weighted by atomic mass is 10.1. The van der Waals surface area contributed by atoms with Gasteiger partial charge in [-0.25, -0.2) is 9.13 Å². The Hall–Kier alpha value is -5.06. The predicted octanol–water partition coefficient (Wildman–Crippen LogP) is 21.1. The largest absolute Gasteiger partial charge is 0.472 e. The van der Waals surface area contributed by atoms with E-state index >= 15 is 0 Å². The molecule has 3 N–H and O–H groups in total. The van der Waals surface area contributed by atoms with E-state index in [1.807, 2.05) is 30.4 Å². The van der Waals surface area contributed by atoms with Gasteiger partial charge >= 0.3 is 39.5 Å². The molecule has 0 rings (SSSR count). The van der Waals surface area contributed by atoms with E-state index in [0.717, 1.165) is 128 Å². The molecule has 5 atom stereocenters. The topological polar surface area (TPSA) is 237 Å². The number of ether oxygens (including phenoxy) is 4. The smallest absolute Gasteiger partial charge is 0.462 e. The highest BCUT2D eigenvalue weighted by molar-refractivity contribution is 7.47. The van der Waals surface area contributed by atoms with E-state index < -0.39 is 97.5 Å². The first-order valence-corrected chi connectivity index (χ1v) is 40.1. The number of phosphoric ester groups is 2. The van der Waals surface area contributed by atoms with Crippen molar-refractivity contribution < 1.29 is 80.2 Å². The molecule has 0 aliphatic rings. The Morgan fingerprint density at radius 3 is 0.949 bits per heavy atom. The fourth-order valence-corrected chi connectivity index (χ4v) is 10.8. The normalized spacial score (nSPS) is 14.8. The summed E-state index contributed by atoms with van der Waals surface area (Å²) < 4.78 is 68.1. The molecule has 0 aliphatic heterocycles. The van der Waals surface area contributed by atoms with Gasteiger partial charge in [-0.3, -0.25) is 37.3 Å². The number of aliphatic hydroxyl groups is 1. The first-order chi connectivity index (χ1) is 47.7. The van der Waals surface area contributed by atoms with Crippen LogP contribution in [0.5, 0.6) is 0 Å². The molecule has 0 saturated carbocycles. The molecule has 0 bridgehead atoms. The van der Waals surface area contributed by atoms with Crippen LogP contribution in [0, 0.1) is 0 Å². The lowest BCUT2D eigenvalue weighted by Crippen LogP contribution is -2.30. The van der Waals surface area contributed by atoms with Gasteiger partial charge in [-0.05, 0) is 128 Å². The van der Waals surface area contributed by atoms with Crippen molar-refractivity contribution in [2.75, 3.05) is 39.6 Å².